The first-order valence-corrected chi connectivity index (χ1v) is 9.86. The van der Waals surface area contributed by atoms with Gasteiger partial charge in [-0.2, -0.15) is 0 Å². The number of likely N-dealkylation sites (N-methyl/N-ethyl adjacent to an activating group) is 1. The third-order valence-corrected chi connectivity index (χ3v) is 4.75. The Bertz CT molecular complexity index is 606. The number of aliphatic imine (C=N–C) groups is 1. The fourth-order valence-corrected chi connectivity index (χ4v) is 3.07. The molecule has 2 rings (SSSR count). The molecule has 1 aromatic carbocycles. The molecule has 0 spiro atoms. The van der Waals surface area contributed by atoms with Crippen molar-refractivity contribution in [3.8, 4) is 11.5 Å². The van der Waals surface area contributed by atoms with Crippen LogP contribution in [0.1, 0.15) is 20.8 Å². The highest BCUT2D eigenvalue weighted by Gasteiger charge is 2.18. The molecule has 1 fully saturated rings. The average Bonchev–Trinajstić information content (AvgIpc) is 2.68. The molecule has 0 saturated carbocycles. The normalized spacial score (nSPS) is 16.8. The van der Waals surface area contributed by atoms with Gasteiger partial charge in [0, 0.05) is 50.5 Å². The average molecular weight is 505 g/mol. The van der Waals surface area contributed by atoms with Crippen LogP contribution in [0.25, 0.3) is 0 Å². The second-order valence-corrected chi connectivity index (χ2v) is 6.83. The number of nitrogens with zero attached hydrogens (tertiary/aromatic N) is 3. The van der Waals surface area contributed by atoms with Gasteiger partial charge in [0.05, 0.1) is 20.3 Å². The van der Waals surface area contributed by atoms with Crippen LogP contribution in [0.5, 0.6) is 11.5 Å². The number of hydrogen-bond donors (Lipinski definition) is 2. The van der Waals surface area contributed by atoms with Crippen molar-refractivity contribution in [1.29, 1.82) is 0 Å². The molecule has 7 nitrogen and oxygen atoms in total. The number of nitrogens with one attached hydrogen (secondary N) is 2. The smallest absolute Gasteiger partial charge is 0.195 e. The minimum absolute atomic E-state index is 0. The molecule has 0 bridgehead atoms. The second kappa shape index (κ2) is 13.1. The summed E-state index contributed by atoms with van der Waals surface area (Å²) in [6.45, 7) is 12.9. The van der Waals surface area contributed by atoms with Gasteiger partial charge in [-0.25, -0.2) is 0 Å². The van der Waals surface area contributed by atoms with E-state index in [-0.39, 0.29) is 24.0 Å². The molecule has 1 unspecified atom stereocenters. The van der Waals surface area contributed by atoms with Gasteiger partial charge < -0.3 is 25.0 Å². The van der Waals surface area contributed by atoms with E-state index in [1.807, 2.05) is 25.1 Å². The van der Waals surface area contributed by atoms with Crippen LogP contribution in [0.15, 0.2) is 23.2 Å². The van der Waals surface area contributed by atoms with Gasteiger partial charge in [0.2, 0.25) is 0 Å². The van der Waals surface area contributed by atoms with Gasteiger partial charge in [-0.1, -0.05) is 0 Å². The van der Waals surface area contributed by atoms with Crippen LogP contribution in [0.4, 0.5) is 5.69 Å². The van der Waals surface area contributed by atoms with Crippen LogP contribution in [0, 0.1) is 0 Å². The number of benzene rings is 1. The van der Waals surface area contributed by atoms with Crippen LogP contribution in [0.2, 0.25) is 0 Å². The third-order valence-electron chi connectivity index (χ3n) is 4.75. The molecule has 0 aromatic heterocycles. The van der Waals surface area contributed by atoms with Crippen LogP contribution in [0.3, 0.4) is 0 Å². The first kappa shape index (κ1) is 24.8. The molecule has 28 heavy (non-hydrogen) atoms. The SMILES string of the molecule is CCNC(=NCC(C)N1CCN(C)CC1)Nc1ccc(OCC)c(OC)c1.I. The topological polar surface area (TPSA) is 61.4 Å². The first-order valence-electron chi connectivity index (χ1n) is 9.86. The molecular formula is C20H36IN5O2. The number of ether oxygens (including phenoxy) is 2. The number of methoxy groups -OCH3 is 1. The molecule has 1 aliphatic rings. The van der Waals surface area contributed by atoms with Gasteiger partial charge >= 0.3 is 0 Å². The Balaban J connectivity index is 0.00000392. The fraction of sp³-hybridized carbons (Fsp3) is 0.650. The van der Waals surface area contributed by atoms with Gasteiger partial charge in [-0.05, 0) is 40.0 Å². The van der Waals surface area contributed by atoms with Crippen molar-refractivity contribution in [2.45, 2.75) is 26.8 Å². The molecule has 0 amide bonds. The number of hydrogen-bond acceptors (Lipinski definition) is 5. The van der Waals surface area contributed by atoms with Crippen LogP contribution < -0.4 is 20.1 Å². The molecule has 1 aromatic rings. The Morgan fingerprint density at radius 3 is 2.50 bits per heavy atom. The van der Waals surface area contributed by atoms with Crippen molar-refractivity contribution in [3.63, 3.8) is 0 Å². The molecule has 1 atom stereocenters. The molecule has 8 heteroatoms. The van der Waals surface area contributed by atoms with Crippen molar-refractivity contribution in [2.24, 2.45) is 4.99 Å². The minimum atomic E-state index is 0. The molecule has 0 aliphatic carbocycles. The summed E-state index contributed by atoms with van der Waals surface area (Å²) in [6.07, 6.45) is 0. The summed E-state index contributed by atoms with van der Waals surface area (Å²) in [6, 6.07) is 6.25. The number of halogens is 1. The summed E-state index contributed by atoms with van der Waals surface area (Å²) < 4.78 is 11.0. The lowest BCUT2D eigenvalue weighted by Gasteiger charge is -2.35. The highest BCUT2D eigenvalue weighted by molar-refractivity contribution is 14.0. The summed E-state index contributed by atoms with van der Waals surface area (Å²) in [5, 5.41) is 6.68. The standard InChI is InChI=1S/C20H35N5O2.HI/c1-6-21-20(22-15-16(3)25-12-10-24(4)11-13-25)23-17-8-9-18(27-7-2)19(14-17)26-5;/h8-9,14,16H,6-7,10-13,15H2,1-5H3,(H2,21,22,23);1H. The zero-order chi connectivity index (χ0) is 19.6. The summed E-state index contributed by atoms with van der Waals surface area (Å²) in [7, 11) is 3.83. The van der Waals surface area contributed by atoms with Crippen LogP contribution in [-0.4, -0.2) is 81.8 Å². The van der Waals surface area contributed by atoms with E-state index in [0.29, 0.717) is 18.4 Å². The lowest BCUT2D eigenvalue weighted by atomic mass is 10.2. The van der Waals surface area contributed by atoms with Crippen molar-refractivity contribution < 1.29 is 9.47 Å². The van der Waals surface area contributed by atoms with E-state index < -0.39 is 0 Å². The van der Waals surface area contributed by atoms with E-state index >= 15 is 0 Å². The number of piperazine rings is 1. The summed E-state index contributed by atoms with van der Waals surface area (Å²) >= 11 is 0. The number of anilines is 1. The van der Waals surface area contributed by atoms with E-state index in [2.05, 4.69) is 41.3 Å². The van der Waals surface area contributed by atoms with Crippen LogP contribution in [-0.2, 0) is 0 Å². The Kier molecular flexibility index (Phi) is 11.6. The molecule has 1 heterocycles. The summed E-state index contributed by atoms with van der Waals surface area (Å²) in [4.78, 5) is 9.66. The minimum Gasteiger partial charge on any atom is -0.493 e. The molecule has 1 aliphatic heterocycles. The highest BCUT2D eigenvalue weighted by atomic mass is 127. The van der Waals surface area contributed by atoms with E-state index in [9.17, 15) is 0 Å². The largest absolute Gasteiger partial charge is 0.493 e. The molecule has 2 N–H and O–H groups in total. The summed E-state index contributed by atoms with van der Waals surface area (Å²) in [5.74, 6) is 2.24. The van der Waals surface area contributed by atoms with Gasteiger partial charge in [-0.15, -0.1) is 24.0 Å². The maximum atomic E-state index is 5.58. The van der Waals surface area contributed by atoms with Gasteiger partial charge in [0.1, 0.15) is 0 Å². The van der Waals surface area contributed by atoms with Crippen molar-refractivity contribution >= 4 is 35.6 Å². The number of rotatable bonds is 8. The van der Waals surface area contributed by atoms with Crippen molar-refractivity contribution in [3.05, 3.63) is 18.2 Å². The Labute approximate surface area is 186 Å². The predicted molar refractivity (Wildman–Crippen MR) is 128 cm³/mol. The Hall–Kier alpha value is -1.26. The van der Waals surface area contributed by atoms with E-state index in [1.54, 1.807) is 7.11 Å². The molecule has 0 radical (unpaired) electrons. The maximum Gasteiger partial charge on any atom is 0.195 e. The van der Waals surface area contributed by atoms with Crippen molar-refractivity contribution in [2.75, 3.05) is 65.3 Å². The van der Waals surface area contributed by atoms with Gasteiger partial charge in [0.15, 0.2) is 17.5 Å². The second-order valence-electron chi connectivity index (χ2n) is 6.83. The lowest BCUT2D eigenvalue weighted by Crippen LogP contribution is -2.49. The first-order chi connectivity index (χ1) is 13.1. The lowest BCUT2D eigenvalue weighted by molar-refractivity contribution is 0.122. The Morgan fingerprint density at radius 2 is 1.89 bits per heavy atom. The molecule has 160 valence electrons. The van der Waals surface area contributed by atoms with Crippen molar-refractivity contribution in [1.82, 2.24) is 15.1 Å². The zero-order valence-electron chi connectivity index (χ0n) is 17.8. The highest BCUT2D eigenvalue weighted by Crippen LogP contribution is 2.30. The monoisotopic (exact) mass is 505 g/mol. The van der Waals surface area contributed by atoms with Gasteiger partial charge in [0.25, 0.3) is 0 Å². The predicted octanol–water partition coefficient (Wildman–Crippen LogP) is 2.73. The molecule has 1 saturated heterocycles. The maximum absolute atomic E-state index is 5.58. The van der Waals surface area contributed by atoms with E-state index in [4.69, 9.17) is 14.5 Å². The number of guanidine groups is 1. The quantitative estimate of drug-likeness (QED) is 0.322. The fourth-order valence-electron chi connectivity index (χ4n) is 3.07. The Morgan fingerprint density at radius 1 is 1.18 bits per heavy atom. The van der Waals surface area contributed by atoms with Gasteiger partial charge in [-0.3, -0.25) is 9.89 Å². The summed E-state index contributed by atoms with van der Waals surface area (Å²) in [5.41, 5.74) is 0.919. The third kappa shape index (κ3) is 7.63. The molecular weight excluding hydrogens is 469 g/mol. The zero-order valence-corrected chi connectivity index (χ0v) is 20.2. The van der Waals surface area contributed by atoms with E-state index in [1.165, 1.54) is 0 Å². The van der Waals surface area contributed by atoms with E-state index in [0.717, 1.165) is 56.7 Å². The van der Waals surface area contributed by atoms with Crippen LogP contribution >= 0.6 is 24.0 Å².